The normalized spacial score (nSPS) is 21.7. The van der Waals surface area contributed by atoms with Gasteiger partial charge in [0.25, 0.3) is 0 Å². The van der Waals surface area contributed by atoms with Gasteiger partial charge < -0.3 is 0 Å². The zero-order valence-electron chi connectivity index (χ0n) is 9.74. The van der Waals surface area contributed by atoms with Crippen molar-refractivity contribution in [2.45, 2.75) is 51.9 Å². The standard InChI is InChI=1S/C14H22O/c1-2-3-5-10-14(12-15)11-13-8-6-4-7-9-13/h4,6,11-13H,2-3,5,7-10H2,1H3/b14-11-/t13-/m1/s1. The maximum Gasteiger partial charge on any atom is 0.145 e. The van der Waals surface area contributed by atoms with Gasteiger partial charge in [-0.1, -0.05) is 38.0 Å². The van der Waals surface area contributed by atoms with Crippen LogP contribution < -0.4 is 0 Å². The molecule has 1 atom stereocenters. The molecule has 1 heteroatoms. The number of carbonyl (C=O) groups is 1. The molecule has 0 amide bonds. The quantitative estimate of drug-likeness (QED) is 0.277. The third kappa shape index (κ3) is 4.96. The Morgan fingerprint density at radius 2 is 2.27 bits per heavy atom. The molecule has 0 heterocycles. The Morgan fingerprint density at radius 3 is 2.87 bits per heavy atom. The lowest BCUT2D eigenvalue weighted by molar-refractivity contribution is -0.105. The maximum atomic E-state index is 10.9. The summed E-state index contributed by atoms with van der Waals surface area (Å²) >= 11 is 0. The molecule has 0 fully saturated rings. The van der Waals surface area contributed by atoms with Crippen LogP contribution in [0.25, 0.3) is 0 Å². The highest BCUT2D eigenvalue weighted by Gasteiger charge is 2.07. The first-order chi connectivity index (χ1) is 7.36. The first-order valence-corrected chi connectivity index (χ1v) is 6.17. The molecule has 0 aromatic carbocycles. The summed E-state index contributed by atoms with van der Waals surface area (Å²) in [7, 11) is 0. The topological polar surface area (TPSA) is 17.1 Å². The minimum atomic E-state index is 0.608. The Kier molecular flexibility index (Phi) is 6.06. The number of hydrogen-bond acceptors (Lipinski definition) is 1. The molecule has 15 heavy (non-hydrogen) atoms. The summed E-state index contributed by atoms with van der Waals surface area (Å²) in [6, 6.07) is 0. The zero-order chi connectivity index (χ0) is 10.9. The van der Waals surface area contributed by atoms with Gasteiger partial charge in [0.05, 0.1) is 0 Å². The average Bonchev–Trinajstić information content (AvgIpc) is 2.29. The molecule has 0 radical (unpaired) electrons. The fourth-order valence-electron chi connectivity index (χ4n) is 2.03. The first-order valence-electron chi connectivity index (χ1n) is 6.17. The van der Waals surface area contributed by atoms with Crippen molar-refractivity contribution in [1.82, 2.24) is 0 Å². The van der Waals surface area contributed by atoms with Crippen molar-refractivity contribution < 1.29 is 4.79 Å². The maximum absolute atomic E-state index is 10.9. The largest absolute Gasteiger partial charge is 0.298 e. The van der Waals surface area contributed by atoms with E-state index in [0.717, 1.165) is 31.1 Å². The second-order valence-electron chi connectivity index (χ2n) is 4.36. The van der Waals surface area contributed by atoms with Gasteiger partial charge in [-0.3, -0.25) is 4.79 Å². The molecule has 0 saturated heterocycles. The number of allylic oxidation sites excluding steroid dienone is 4. The fourth-order valence-corrected chi connectivity index (χ4v) is 2.03. The van der Waals surface area contributed by atoms with Gasteiger partial charge >= 0.3 is 0 Å². The highest BCUT2D eigenvalue weighted by Crippen LogP contribution is 2.21. The van der Waals surface area contributed by atoms with E-state index in [1.165, 1.54) is 25.7 Å². The van der Waals surface area contributed by atoms with Crippen LogP contribution in [-0.2, 0) is 4.79 Å². The zero-order valence-corrected chi connectivity index (χ0v) is 9.74. The van der Waals surface area contributed by atoms with E-state index in [9.17, 15) is 4.79 Å². The van der Waals surface area contributed by atoms with Crippen molar-refractivity contribution in [1.29, 1.82) is 0 Å². The summed E-state index contributed by atoms with van der Waals surface area (Å²) in [5, 5.41) is 0. The van der Waals surface area contributed by atoms with Crippen molar-refractivity contribution in [3.63, 3.8) is 0 Å². The van der Waals surface area contributed by atoms with Crippen LogP contribution in [0.5, 0.6) is 0 Å². The molecular weight excluding hydrogens is 184 g/mol. The third-order valence-corrected chi connectivity index (χ3v) is 2.98. The summed E-state index contributed by atoms with van der Waals surface area (Å²) in [4.78, 5) is 10.9. The molecule has 0 saturated carbocycles. The summed E-state index contributed by atoms with van der Waals surface area (Å²) in [6.07, 6.45) is 15.8. The molecule has 0 N–H and O–H groups in total. The van der Waals surface area contributed by atoms with Crippen LogP contribution in [0.4, 0.5) is 0 Å². The van der Waals surface area contributed by atoms with Crippen LogP contribution in [-0.4, -0.2) is 6.29 Å². The van der Waals surface area contributed by atoms with Gasteiger partial charge in [0.1, 0.15) is 6.29 Å². The lowest BCUT2D eigenvalue weighted by Gasteiger charge is -2.14. The number of unbranched alkanes of at least 4 members (excludes halogenated alkanes) is 2. The second-order valence-corrected chi connectivity index (χ2v) is 4.36. The Hall–Kier alpha value is -0.850. The van der Waals surface area contributed by atoms with Gasteiger partial charge in [-0.15, -0.1) is 0 Å². The Bertz CT molecular complexity index is 238. The summed E-state index contributed by atoms with van der Waals surface area (Å²) in [5.74, 6) is 0.608. The number of aldehydes is 1. The van der Waals surface area contributed by atoms with Crippen molar-refractivity contribution in [2.75, 3.05) is 0 Å². The molecule has 0 bridgehead atoms. The van der Waals surface area contributed by atoms with Crippen LogP contribution in [0.15, 0.2) is 23.8 Å². The van der Waals surface area contributed by atoms with E-state index in [0.29, 0.717) is 5.92 Å². The SMILES string of the molecule is CCCCC/C(C=O)=C/[C@@H]1CC=CCC1. The second kappa shape index (κ2) is 7.44. The van der Waals surface area contributed by atoms with Gasteiger partial charge in [0.15, 0.2) is 0 Å². The molecule has 0 aromatic rings. The first kappa shape index (κ1) is 12.2. The highest BCUT2D eigenvalue weighted by atomic mass is 16.1. The van der Waals surface area contributed by atoms with Gasteiger partial charge in [-0.05, 0) is 43.6 Å². The van der Waals surface area contributed by atoms with Crippen LogP contribution in [0, 0.1) is 5.92 Å². The average molecular weight is 206 g/mol. The van der Waals surface area contributed by atoms with Crippen molar-refractivity contribution in [3.8, 4) is 0 Å². The molecule has 0 aliphatic heterocycles. The Labute approximate surface area is 93.3 Å². The van der Waals surface area contributed by atoms with E-state index in [-0.39, 0.29) is 0 Å². The molecule has 1 nitrogen and oxygen atoms in total. The monoisotopic (exact) mass is 206 g/mol. The van der Waals surface area contributed by atoms with Crippen molar-refractivity contribution >= 4 is 6.29 Å². The molecule has 1 aliphatic rings. The van der Waals surface area contributed by atoms with Gasteiger partial charge in [-0.25, -0.2) is 0 Å². The minimum absolute atomic E-state index is 0.608. The Balaban J connectivity index is 2.38. The van der Waals surface area contributed by atoms with Gasteiger partial charge in [0, 0.05) is 0 Å². The van der Waals surface area contributed by atoms with Crippen molar-refractivity contribution in [2.24, 2.45) is 5.92 Å². The smallest absolute Gasteiger partial charge is 0.145 e. The summed E-state index contributed by atoms with van der Waals surface area (Å²) < 4.78 is 0. The van der Waals surface area contributed by atoms with E-state index in [2.05, 4.69) is 25.2 Å². The number of hydrogen-bond donors (Lipinski definition) is 0. The van der Waals surface area contributed by atoms with Gasteiger partial charge in [-0.2, -0.15) is 0 Å². The van der Waals surface area contributed by atoms with E-state index in [1.807, 2.05) is 0 Å². The molecule has 84 valence electrons. The van der Waals surface area contributed by atoms with E-state index in [4.69, 9.17) is 0 Å². The van der Waals surface area contributed by atoms with Crippen LogP contribution in [0.3, 0.4) is 0 Å². The molecule has 1 aliphatic carbocycles. The minimum Gasteiger partial charge on any atom is -0.298 e. The molecule has 1 rings (SSSR count). The Morgan fingerprint density at radius 1 is 1.40 bits per heavy atom. The van der Waals surface area contributed by atoms with Crippen LogP contribution >= 0.6 is 0 Å². The van der Waals surface area contributed by atoms with Gasteiger partial charge in [0.2, 0.25) is 0 Å². The predicted molar refractivity (Wildman–Crippen MR) is 64.8 cm³/mol. The molecule has 0 unspecified atom stereocenters. The molecular formula is C14H22O. The molecule has 0 aromatic heterocycles. The fraction of sp³-hybridized carbons (Fsp3) is 0.643. The van der Waals surface area contributed by atoms with Crippen molar-refractivity contribution in [3.05, 3.63) is 23.8 Å². The highest BCUT2D eigenvalue weighted by molar-refractivity contribution is 5.73. The van der Waals surface area contributed by atoms with E-state index in [1.54, 1.807) is 0 Å². The number of carbonyl (C=O) groups excluding carboxylic acids is 1. The summed E-state index contributed by atoms with van der Waals surface area (Å²) in [6.45, 7) is 2.19. The lowest BCUT2D eigenvalue weighted by atomic mass is 9.91. The summed E-state index contributed by atoms with van der Waals surface area (Å²) in [5.41, 5.74) is 1.02. The number of rotatable bonds is 6. The van der Waals surface area contributed by atoms with Crippen LogP contribution in [0.2, 0.25) is 0 Å². The van der Waals surface area contributed by atoms with E-state index < -0.39 is 0 Å². The molecule has 0 spiro atoms. The lowest BCUT2D eigenvalue weighted by Crippen LogP contribution is -2.01. The van der Waals surface area contributed by atoms with E-state index >= 15 is 0 Å². The third-order valence-electron chi connectivity index (χ3n) is 2.98. The predicted octanol–water partition coefficient (Wildman–Crippen LogP) is 4.05. The van der Waals surface area contributed by atoms with Crippen LogP contribution in [0.1, 0.15) is 51.9 Å².